The molecule has 5 atom stereocenters. The Morgan fingerprint density at radius 1 is 1.27 bits per heavy atom. The predicted octanol–water partition coefficient (Wildman–Crippen LogP) is 0.500. The molecule has 0 spiro atoms. The van der Waals surface area contributed by atoms with Crippen molar-refractivity contribution in [2.24, 2.45) is 0 Å². The van der Waals surface area contributed by atoms with Crippen molar-refractivity contribution in [1.29, 1.82) is 0 Å². The largest absolute Gasteiger partial charge is 0.394 e. The molecule has 1 aliphatic heterocycles. The van der Waals surface area contributed by atoms with Gasteiger partial charge in [0.15, 0.2) is 6.29 Å². The van der Waals surface area contributed by atoms with Gasteiger partial charge >= 0.3 is 0 Å². The molecule has 1 heterocycles. The van der Waals surface area contributed by atoms with E-state index in [9.17, 15) is 15.3 Å². The van der Waals surface area contributed by atoms with E-state index in [0.29, 0.717) is 5.56 Å². The van der Waals surface area contributed by atoms with Crippen molar-refractivity contribution in [3.63, 3.8) is 0 Å². The average Bonchev–Trinajstić information content (AvgIpc) is 2.54. The van der Waals surface area contributed by atoms with E-state index in [2.05, 4.69) is 15.9 Å². The molecule has 0 aliphatic carbocycles. The Kier molecular flexibility index (Phi) is 6.34. The molecule has 124 valence electrons. The molecule has 4 N–H and O–H groups in total. The molecule has 22 heavy (non-hydrogen) atoms. The number of aliphatic hydroxyl groups excluding tert-OH is 4. The first kappa shape index (κ1) is 17.8. The summed E-state index contributed by atoms with van der Waals surface area (Å²) in [6.45, 7) is 1.08. The maximum absolute atomic E-state index is 10.0. The Balaban J connectivity index is 2.24. The van der Waals surface area contributed by atoms with Crippen LogP contribution in [0, 0.1) is 0 Å². The van der Waals surface area contributed by atoms with Crippen LogP contribution in [0.4, 0.5) is 0 Å². The van der Waals surface area contributed by atoms with Gasteiger partial charge in [-0.3, -0.25) is 0 Å². The average molecular weight is 377 g/mol. The van der Waals surface area contributed by atoms with E-state index in [-0.39, 0.29) is 0 Å². The third kappa shape index (κ3) is 3.68. The van der Waals surface area contributed by atoms with Crippen molar-refractivity contribution in [2.75, 3.05) is 13.2 Å². The van der Waals surface area contributed by atoms with Crippen LogP contribution in [0.3, 0.4) is 0 Å². The van der Waals surface area contributed by atoms with E-state index in [1.54, 1.807) is 0 Å². The van der Waals surface area contributed by atoms with E-state index < -0.39 is 43.9 Å². The van der Waals surface area contributed by atoms with Gasteiger partial charge in [0, 0.05) is 10.0 Å². The zero-order chi connectivity index (χ0) is 16.3. The van der Waals surface area contributed by atoms with E-state index in [4.69, 9.17) is 14.6 Å². The lowest BCUT2D eigenvalue weighted by Gasteiger charge is -2.40. The van der Waals surface area contributed by atoms with Crippen LogP contribution >= 0.6 is 15.9 Å². The zero-order valence-corrected chi connectivity index (χ0v) is 13.8. The Hall–Kier alpha value is -0.540. The Morgan fingerprint density at radius 2 is 2.00 bits per heavy atom. The summed E-state index contributed by atoms with van der Waals surface area (Å²) in [7, 11) is 0. The Morgan fingerprint density at radius 3 is 2.55 bits per heavy atom. The monoisotopic (exact) mass is 376 g/mol. The second-order valence-electron chi connectivity index (χ2n) is 5.23. The first-order valence-electron chi connectivity index (χ1n) is 7.18. The fraction of sp³-hybridized carbons (Fsp3) is 0.600. The maximum Gasteiger partial charge on any atom is 0.185 e. The summed E-state index contributed by atoms with van der Waals surface area (Å²) in [6.07, 6.45) is -4.37. The fourth-order valence-electron chi connectivity index (χ4n) is 2.43. The third-order valence-electron chi connectivity index (χ3n) is 3.77. The molecule has 0 amide bonds. The van der Waals surface area contributed by atoms with Crippen LogP contribution in [-0.2, 0) is 15.9 Å². The molecule has 7 heteroatoms. The van der Waals surface area contributed by atoms with Crippen molar-refractivity contribution < 1.29 is 29.9 Å². The molecular weight excluding hydrogens is 356 g/mol. The molecule has 1 aromatic carbocycles. The normalized spacial score (nSPS) is 30.3. The number of aryl methyl sites for hydroxylation is 1. The maximum atomic E-state index is 10.0. The molecule has 1 unspecified atom stereocenters. The van der Waals surface area contributed by atoms with Crippen LogP contribution in [0.2, 0.25) is 0 Å². The summed E-state index contributed by atoms with van der Waals surface area (Å²) in [5.41, 5.74) is 1.83. The first-order chi connectivity index (χ1) is 10.5. The highest BCUT2D eigenvalue weighted by molar-refractivity contribution is 9.10. The first-order valence-corrected chi connectivity index (χ1v) is 7.98. The summed E-state index contributed by atoms with van der Waals surface area (Å²) < 4.78 is 12.0. The molecule has 2 rings (SSSR count). The number of ether oxygens (including phenoxy) is 2. The molecule has 1 aromatic rings. The molecule has 0 aromatic heterocycles. The molecule has 1 saturated heterocycles. The van der Waals surface area contributed by atoms with Gasteiger partial charge in [0.2, 0.25) is 0 Å². The minimum absolute atomic E-state index is 0.413. The van der Waals surface area contributed by atoms with Gasteiger partial charge in [-0.15, -0.1) is 0 Å². The highest BCUT2D eigenvalue weighted by Gasteiger charge is 2.42. The highest BCUT2D eigenvalue weighted by atomic mass is 79.9. The molecule has 0 bridgehead atoms. The highest BCUT2D eigenvalue weighted by Crippen LogP contribution is 2.33. The van der Waals surface area contributed by atoms with Gasteiger partial charge in [-0.1, -0.05) is 35.0 Å². The van der Waals surface area contributed by atoms with Gasteiger partial charge in [-0.05, 0) is 18.1 Å². The molecule has 6 nitrogen and oxygen atoms in total. The second kappa shape index (κ2) is 7.83. The topological polar surface area (TPSA) is 99.4 Å². The quantitative estimate of drug-likeness (QED) is 0.597. The molecule has 1 aliphatic rings. The lowest BCUT2D eigenvalue weighted by molar-refractivity contribution is -0.310. The zero-order valence-electron chi connectivity index (χ0n) is 12.2. The van der Waals surface area contributed by atoms with Crippen LogP contribution in [0.25, 0.3) is 0 Å². The molecule has 0 radical (unpaired) electrons. The van der Waals surface area contributed by atoms with Crippen LogP contribution in [0.15, 0.2) is 22.7 Å². The smallest absolute Gasteiger partial charge is 0.185 e. The lowest BCUT2D eigenvalue weighted by atomic mass is 10.0. The number of hydrogen-bond acceptors (Lipinski definition) is 6. The van der Waals surface area contributed by atoms with Crippen LogP contribution < -0.4 is 0 Å². The minimum Gasteiger partial charge on any atom is -0.394 e. The standard InChI is InChI=1S/C15H21BrO6/c1-2-8-3-4-9(5-10(8)16)15-21-12(7-18)13(20)14(22-15)11(19)6-17/h3-5,11-15,17-20H,2,6-7H2,1H3/t11-,12+,13-,14-,15?/m1/s1. The summed E-state index contributed by atoms with van der Waals surface area (Å²) in [4.78, 5) is 0. The van der Waals surface area contributed by atoms with E-state index in [1.165, 1.54) is 0 Å². The number of halogens is 1. The summed E-state index contributed by atoms with van der Waals surface area (Å²) >= 11 is 3.48. The van der Waals surface area contributed by atoms with Gasteiger partial charge in [-0.25, -0.2) is 0 Å². The van der Waals surface area contributed by atoms with Gasteiger partial charge < -0.3 is 29.9 Å². The van der Waals surface area contributed by atoms with Crippen molar-refractivity contribution in [3.05, 3.63) is 33.8 Å². The number of hydrogen-bond donors (Lipinski definition) is 4. The summed E-state index contributed by atoms with van der Waals surface area (Å²) in [5.74, 6) is 0. The Labute approximate surface area is 137 Å². The van der Waals surface area contributed by atoms with Crippen LogP contribution in [-0.4, -0.2) is 58.1 Å². The van der Waals surface area contributed by atoms with Crippen molar-refractivity contribution in [1.82, 2.24) is 0 Å². The fourth-order valence-corrected chi connectivity index (χ4v) is 3.11. The van der Waals surface area contributed by atoms with Crippen molar-refractivity contribution in [2.45, 2.75) is 44.1 Å². The number of aliphatic hydroxyl groups is 4. The van der Waals surface area contributed by atoms with Gasteiger partial charge in [0.1, 0.15) is 24.4 Å². The van der Waals surface area contributed by atoms with Gasteiger partial charge in [0.25, 0.3) is 0 Å². The second-order valence-corrected chi connectivity index (χ2v) is 6.09. The van der Waals surface area contributed by atoms with Gasteiger partial charge in [0.05, 0.1) is 13.2 Å². The van der Waals surface area contributed by atoms with E-state index >= 15 is 0 Å². The molecule has 1 fully saturated rings. The molecular formula is C15H21BrO6. The Bertz CT molecular complexity index is 497. The number of benzene rings is 1. The summed E-state index contributed by atoms with van der Waals surface area (Å²) in [6, 6.07) is 5.61. The number of rotatable bonds is 5. The lowest BCUT2D eigenvalue weighted by Crippen LogP contribution is -2.54. The van der Waals surface area contributed by atoms with Gasteiger partial charge in [-0.2, -0.15) is 0 Å². The SMILES string of the molecule is CCc1ccc(C2O[C@H]([C@H](O)CO)[C@H](O)[C@H](CO)O2)cc1Br. The van der Waals surface area contributed by atoms with E-state index in [0.717, 1.165) is 16.5 Å². The van der Waals surface area contributed by atoms with Crippen LogP contribution in [0.5, 0.6) is 0 Å². The molecule has 0 saturated carbocycles. The third-order valence-corrected chi connectivity index (χ3v) is 4.51. The van der Waals surface area contributed by atoms with Crippen molar-refractivity contribution >= 4 is 15.9 Å². The predicted molar refractivity (Wildman–Crippen MR) is 82.2 cm³/mol. The summed E-state index contributed by atoms with van der Waals surface area (Å²) in [5, 5.41) is 38.3. The van der Waals surface area contributed by atoms with Crippen LogP contribution in [0.1, 0.15) is 24.3 Å². The van der Waals surface area contributed by atoms with E-state index in [1.807, 2.05) is 25.1 Å². The minimum atomic E-state index is -1.26. The van der Waals surface area contributed by atoms with Crippen molar-refractivity contribution in [3.8, 4) is 0 Å².